The van der Waals surface area contributed by atoms with Gasteiger partial charge in [-0.3, -0.25) is 4.79 Å². The molecule has 170 valence electrons. The maximum absolute atomic E-state index is 12.9. The van der Waals surface area contributed by atoms with Gasteiger partial charge in [-0.25, -0.2) is 8.42 Å². The van der Waals surface area contributed by atoms with Gasteiger partial charge in [0, 0.05) is 25.2 Å². The summed E-state index contributed by atoms with van der Waals surface area (Å²) < 4.78 is 35.7. The summed E-state index contributed by atoms with van der Waals surface area (Å²) in [4.78, 5) is 18.1. The predicted octanol–water partition coefficient (Wildman–Crippen LogP) is 4.04. The first-order valence-corrected chi connectivity index (χ1v) is 13.1. The molecule has 1 fully saturated rings. The van der Waals surface area contributed by atoms with Crippen LogP contribution in [-0.2, 0) is 16.6 Å². The minimum absolute atomic E-state index is 0.212. The first kappa shape index (κ1) is 22.7. The molecule has 9 heteroatoms. The molecule has 1 aromatic heterocycles. The Kier molecular flexibility index (Phi) is 6.78. The molecule has 1 saturated heterocycles. The van der Waals surface area contributed by atoms with E-state index in [1.807, 2.05) is 22.8 Å². The van der Waals surface area contributed by atoms with Gasteiger partial charge in [0.05, 0.1) is 16.7 Å². The molecule has 0 radical (unpaired) electrons. The zero-order valence-corrected chi connectivity index (χ0v) is 19.9. The molecule has 7 nitrogen and oxygen atoms in total. The maximum atomic E-state index is 12.9. The number of sulfonamides is 1. The summed E-state index contributed by atoms with van der Waals surface area (Å²) in [5, 5.41) is 0. The van der Waals surface area contributed by atoms with Crippen LogP contribution in [0.15, 0.2) is 52.4 Å². The van der Waals surface area contributed by atoms with Gasteiger partial charge in [-0.2, -0.15) is 9.30 Å². The van der Waals surface area contributed by atoms with Gasteiger partial charge >= 0.3 is 0 Å². The summed E-state index contributed by atoms with van der Waals surface area (Å²) in [5.41, 5.74) is 1.28. The van der Waals surface area contributed by atoms with E-state index >= 15 is 0 Å². The van der Waals surface area contributed by atoms with Crippen LogP contribution in [0.3, 0.4) is 0 Å². The number of fused-ring (bicyclic) bond motifs is 1. The van der Waals surface area contributed by atoms with Crippen LogP contribution in [-0.4, -0.2) is 43.4 Å². The van der Waals surface area contributed by atoms with E-state index in [0.717, 1.165) is 41.6 Å². The number of rotatable bonds is 6. The molecular formula is C23H27N3O4S2. The molecule has 2 heterocycles. The van der Waals surface area contributed by atoms with Crippen LogP contribution in [0.2, 0.25) is 0 Å². The standard InChI is InChI=1S/C23H27N3O4S2/c1-3-14-26-21-19(30-2)8-7-9-20(21)31-23(26)24-22(27)17-10-12-18(13-11-17)32(28,29)25-15-5-4-6-16-25/h7-13H,3-6,14-16H2,1-2H3. The summed E-state index contributed by atoms with van der Waals surface area (Å²) in [6.07, 6.45) is 3.70. The van der Waals surface area contributed by atoms with Crippen LogP contribution >= 0.6 is 11.3 Å². The highest BCUT2D eigenvalue weighted by molar-refractivity contribution is 7.89. The van der Waals surface area contributed by atoms with Crippen molar-refractivity contribution in [2.24, 2.45) is 4.99 Å². The van der Waals surface area contributed by atoms with Crippen molar-refractivity contribution in [2.45, 2.75) is 44.0 Å². The third kappa shape index (κ3) is 4.37. The number of benzene rings is 2. The molecule has 32 heavy (non-hydrogen) atoms. The van der Waals surface area contributed by atoms with E-state index in [2.05, 4.69) is 11.9 Å². The number of carbonyl (C=O) groups is 1. The fourth-order valence-corrected chi connectivity index (χ4v) is 6.54. The van der Waals surface area contributed by atoms with E-state index in [9.17, 15) is 13.2 Å². The SMILES string of the molecule is CCCn1c(=NC(=O)c2ccc(S(=O)(=O)N3CCCCC3)cc2)sc2cccc(OC)c21. The lowest BCUT2D eigenvalue weighted by molar-refractivity contribution is 0.0997. The number of piperidine rings is 1. The second-order valence-electron chi connectivity index (χ2n) is 7.75. The Balaban J connectivity index is 1.67. The quantitative estimate of drug-likeness (QED) is 0.541. The highest BCUT2D eigenvalue weighted by atomic mass is 32.2. The summed E-state index contributed by atoms with van der Waals surface area (Å²) in [6, 6.07) is 11.9. The monoisotopic (exact) mass is 473 g/mol. The number of thiazole rings is 1. The van der Waals surface area contributed by atoms with E-state index in [4.69, 9.17) is 4.74 Å². The Morgan fingerprint density at radius 2 is 1.81 bits per heavy atom. The van der Waals surface area contributed by atoms with E-state index in [1.54, 1.807) is 19.2 Å². The van der Waals surface area contributed by atoms with Crippen molar-refractivity contribution in [3.8, 4) is 5.75 Å². The highest BCUT2D eigenvalue weighted by Gasteiger charge is 2.26. The lowest BCUT2D eigenvalue weighted by atomic mass is 10.2. The number of hydrogen-bond donors (Lipinski definition) is 0. The summed E-state index contributed by atoms with van der Waals surface area (Å²) in [6.45, 7) is 3.87. The second kappa shape index (κ2) is 9.56. The van der Waals surface area contributed by atoms with Crippen LogP contribution in [0.4, 0.5) is 0 Å². The van der Waals surface area contributed by atoms with E-state index in [-0.39, 0.29) is 4.90 Å². The fourth-order valence-electron chi connectivity index (χ4n) is 3.95. The number of ether oxygens (including phenoxy) is 1. The number of carbonyl (C=O) groups excluding carboxylic acids is 1. The van der Waals surface area contributed by atoms with Crippen LogP contribution in [0.1, 0.15) is 43.0 Å². The number of nitrogens with zero attached hydrogens (tertiary/aromatic N) is 3. The zero-order chi connectivity index (χ0) is 22.7. The van der Waals surface area contributed by atoms with Crippen molar-refractivity contribution in [2.75, 3.05) is 20.2 Å². The molecule has 0 spiro atoms. The van der Waals surface area contributed by atoms with E-state index in [0.29, 0.717) is 30.0 Å². The number of para-hydroxylation sites is 1. The minimum Gasteiger partial charge on any atom is -0.495 e. The molecule has 0 unspecified atom stereocenters. The summed E-state index contributed by atoms with van der Waals surface area (Å²) in [5.74, 6) is 0.343. The van der Waals surface area contributed by atoms with Gasteiger partial charge in [-0.15, -0.1) is 0 Å². The van der Waals surface area contributed by atoms with Crippen LogP contribution in [0.5, 0.6) is 5.75 Å². The number of hydrogen-bond acceptors (Lipinski definition) is 5. The average Bonchev–Trinajstić information content (AvgIpc) is 3.17. The lowest BCUT2D eigenvalue weighted by Crippen LogP contribution is -2.35. The zero-order valence-electron chi connectivity index (χ0n) is 18.3. The van der Waals surface area contributed by atoms with Gasteiger partial charge < -0.3 is 9.30 Å². The minimum atomic E-state index is -3.53. The third-order valence-electron chi connectivity index (χ3n) is 5.58. The Morgan fingerprint density at radius 3 is 2.47 bits per heavy atom. The van der Waals surface area contributed by atoms with Crippen LogP contribution in [0, 0.1) is 0 Å². The van der Waals surface area contributed by atoms with Gasteiger partial charge in [-0.1, -0.05) is 30.7 Å². The molecule has 1 aliphatic rings. The predicted molar refractivity (Wildman–Crippen MR) is 126 cm³/mol. The molecule has 0 aliphatic carbocycles. The van der Waals surface area contributed by atoms with Crippen LogP contribution in [0.25, 0.3) is 10.2 Å². The number of amides is 1. The molecule has 0 N–H and O–H groups in total. The molecule has 4 rings (SSSR count). The van der Waals surface area contributed by atoms with Crippen molar-refractivity contribution in [3.05, 3.63) is 52.8 Å². The van der Waals surface area contributed by atoms with Gasteiger partial charge in [0.25, 0.3) is 5.91 Å². The summed E-state index contributed by atoms with van der Waals surface area (Å²) >= 11 is 1.44. The number of aromatic nitrogens is 1. The molecular weight excluding hydrogens is 446 g/mol. The van der Waals surface area contributed by atoms with Crippen molar-refractivity contribution in [1.29, 1.82) is 0 Å². The third-order valence-corrected chi connectivity index (χ3v) is 8.54. The Morgan fingerprint density at radius 1 is 1.09 bits per heavy atom. The molecule has 1 aliphatic heterocycles. The lowest BCUT2D eigenvalue weighted by Gasteiger charge is -2.25. The molecule has 1 amide bonds. The Bertz CT molecular complexity index is 1290. The normalized spacial score (nSPS) is 15.9. The van der Waals surface area contributed by atoms with Crippen molar-refractivity contribution in [1.82, 2.24) is 8.87 Å². The van der Waals surface area contributed by atoms with Crippen molar-refractivity contribution >= 4 is 37.5 Å². The highest BCUT2D eigenvalue weighted by Crippen LogP contribution is 2.27. The molecule has 0 atom stereocenters. The van der Waals surface area contributed by atoms with E-state index < -0.39 is 15.9 Å². The van der Waals surface area contributed by atoms with Gasteiger partial charge in [-0.05, 0) is 55.7 Å². The van der Waals surface area contributed by atoms with Gasteiger partial charge in [0.2, 0.25) is 10.0 Å². The largest absolute Gasteiger partial charge is 0.495 e. The smallest absolute Gasteiger partial charge is 0.279 e. The number of methoxy groups -OCH3 is 1. The topological polar surface area (TPSA) is 81.0 Å². The summed E-state index contributed by atoms with van der Waals surface area (Å²) in [7, 11) is -1.90. The Hall–Kier alpha value is -2.49. The van der Waals surface area contributed by atoms with Gasteiger partial charge in [0.15, 0.2) is 4.80 Å². The second-order valence-corrected chi connectivity index (χ2v) is 10.7. The molecule has 2 aromatic carbocycles. The van der Waals surface area contributed by atoms with Crippen LogP contribution < -0.4 is 9.54 Å². The molecule has 0 bridgehead atoms. The first-order chi connectivity index (χ1) is 15.5. The average molecular weight is 474 g/mol. The van der Waals surface area contributed by atoms with Crippen molar-refractivity contribution < 1.29 is 17.9 Å². The molecule has 3 aromatic rings. The van der Waals surface area contributed by atoms with E-state index in [1.165, 1.54) is 27.8 Å². The fraction of sp³-hybridized carbons (Fsp3) is 0.391. The van der Waals surface area contributed by atoms with Crippen molar-refractivity contribution in [3.63, 3.8) is 0 Å². The first-order valence-electron chi connectivity index (χ1n) is 10.8. The molecule has 0 saturated carbocycles. The Labute approximate surface area is 192 Å². The van der Waals surface area contributed by atoms with Gasteiger partial charge in [0.1, 0.15) is 11.3 Å². The number of aryl methyl sites for hydroxylation is 1. The maximum Gasteiger partial charge on any atom is 0.279 e.